The van der Waals surface area contributed by atoms with Crippen molar-refractivity contribution in [3.05, 3.63) is 99.9 Å². The number of nitrogens with zero attached hydrogens (tertiary/aromatic N) is 1. The Morgan fingerprint density at radius 3 is 2.55 bits per heavy atom. The maximum Gasteiger partial charge on any atom is 0.260 e. The van der Waals surface area contributed by atoms with Crippen molar-refractivity contribution in [2.45, 2.75) is 19.9 Å². The van der Waals surface area contributed by atoms with Gasteiger partial charge in [-0.25, -0.2) is 0 Å². The summed E-state index contributed by atoms with van der Waals surface area (Å²) < 4.78 is 17.3. The van der Waals surface area contributed by atoms with Crippen LogP contribution in [0.3, 0.4) is 0 Å². The molecule has 33 heavy (non-hydrogen) atoms. The predicted octanol–water partition coefficient (Wildman–Crippen LogP) is 4.86. The van der Waals surface area contributed by atoms with Crippen LogP contribution in [0.2, 0.25) is 0 Å². The average Bonchev–Trinajstić information content (AvgIpc) is 2.85. The number of carbonyl (C=O) groups excluding carboxylic acids is 1. The molecule has 0 unspecified atom stereocenters. The summed E-state index contributed by atoms with van der Waals surface area (Å²) >= 11 is 0. The third-order valence-corrected chi connectivity index (χ3v) is 5.80. The van der Waals surface area contributed by atoms with Gasteiger partial charge in [0.2, 0.25) is 11.2 Å². The van der Waals surface area contributed by atoms with Crippen molar-refractivity contribution in [2.75, 3.05) is 13.2 Å². The fraction of sp³-hybridized carbons (Fsp3) is 0.185. The standard InChI is InChI=1S/C27H23NO5/c1-18-27(33-21-9-3-2-4-10-21)26(30)23-12-11-22(15-24(23)32-18)31-17-25(29)28-14-13-19-7-5-6-8-20(19)16-28/h2-12,15H,13-14,16-17H2,1H3. The molecule has 0 saturated heterocycles. The van der Waals surface area contributed by atoms with E-state index in [1.807, 2.05) is 30.3 Å². The molecule has 0 atom stereocenters. The molecule has 5 rings (SSSR count). The molecule has 1 aromatic heterocycles. The average molecular weight is 441 g/mol. The topological polar surface area (TPSA) is 69.0 Å². The predicted molar refractivity (Wildman–Crippen MR) is 125 cm³/mol. The largest absolute Gasteiger partial charge is 0.484 e. The van der Waals surface area contributed by atoms with Gasteiger partial charge in [0.1, 0.15) is 22.8 Å². The Kier molecular flexibility index (Phi) is 5.57. The van der Waals surface area contributed by atoms with E-state index in [0.717, 1.165) is 6.42 Å². The molecule has 0 bridgehead atoms. The number of benzene rings is 3. The van der Waals surface area contributed by atoms with Crippen LogP contribution in [0.25, 0.3) is 11.0 Å². The molecule has 2 heterocycles. The zero-order valence-corrected chi connectivity index (χ0v) is 18.2. The first-order chi connectivity index (χ1) is 16.1. The summed E-state index contributed by atoms with van der Waals surface area (Å²) in [7, 11) is 0. The SMILES string of the molecule is Cc1oc2cc(OCC(=O)N3CCc4ccccc4C3)ccc2c(=O)c1Oc1ccccc1. The van der Waals surface area contributed by atoms with Gasteiger partial charge in [0.25, 0.3) is 5.91 Å². The lowest BCUT2D eigenvalue weighted by molar-refractivity contribution is -0.134. The van der Waals surface area contributed by atoms with Crippen LogP contribution < -0.4 is 14.9 Å². The Bertz CT molecular complexity index is 1380. The zero-order chi connectivity index (χ0) is 22.8. The molecule has 166 valence electrons. The van der Waals surface area contributed by atoms with E-state index in [9.17, 15) is 9.59 Å². The van der Waals surface area contributed by atoms with Gasteiger partial charge in [0.05, 0.1) is 5.39 Å². The molecule has 4 aromatic rings. The zero-order valence-electron chi connectivity index (χ0n) is 18.2. The first kappa shape index (κ1) is 20.8. The Morgan fingerprint density at radius 1 is 0.970 bits per heavy atom. The summed E-state index contributed by atoms with van der Waals surface area (Å²) in [6.07, 6.45) is 0.843. The summed E-state index contributed by atoms with van der Waals surface area (Å²) in [5.41, 5.74) is 2.59. The summed E-state index contributed by atoms with van der Waals surface area (Å²) in [5, 5.41) is 0.387. The van der Waals surface area contributed by atoms with Gasteiger partial charge in [-0.1, -0.05) is 42.5 Å². The summed E-state index contributed by atoms with van der Waals surface area (Å²) in [5.74, 6) is 1.48. The van der Waals surface area contributed by atoms with Crippen molar-refractivity contribution < 1.29 is 18.7 Å². The lowest BCUT2D eigenvalue weighted by Gasteiger charge is -2.28. The fourth-order valence-electron chi connectivity index (χ4n) is 4.03. The number of para-hydroxylation sites is 1. The highest BCUT2D eigenvalue weighted by molar-refractivity contribution is 5.80. The minimum atomic E-state index is -0.257. The quantitative estimate of drug-likeness (QED) is 0.443. The fourth-order valence-corrected chi connectivity index (χ4v) is 4.03. The van der Waals surface area contributed by atoms with Crippen molar-refractivity contribution in [3.8, 4) is 17.2 Å². The highest BCUT2D eigenvalue weighted by Crippen LogP contribution is 2.27. The molecule has 1 aliphatic heterocycles. The Balaban J connectivity index is 1.30. The molecule has 0 saturated carbocycles. The minimum Gasteiger partial charge on any atom is -0.484 e. The van der Waals surface area contributed by atoms with Crippen molar-refractivity contribution in [1.29, 1.82) is 0 Å². The van der Waals surface area contributed by atoms with Crippen molar-refractivity contribution in [3.63, 3.8) is 0 Å². The van der Waals surface area contributed by atoms with Gasteiger partial charge in [-0.3, -0.25) is 9.59 Å². The molecule has 0 N–H and O–H groups in total. The number of ether oxygens (including phenoxy) is 2. The van der Waals surface area contributed by atoms with Crippen LogP contribution in [-0.2, 0) is 17.8 Å². The molecule has 0 fully saturated rings. The highest BCUT2D eigenvalue weighted by atomic mass is 16.5. The van der Waals surface area contributed by atoms with E-state index in [1.165, 1.54) is 11.1 Å². The Labute approximate surface area is 191 Å². The van der Waals surface area contributed by atoms with E-state index in [2.05, 4.69) is 12.1 Å². The lowest BCUT2D eigenvalue weighted by Crippen LogP contribution is -2.38. The number of aryl methyl sites for hydroxylation is 1. The van der Waals surface area contributed by atoms with Crippen LogP contribution >= 0.6 is 0 Å². The lowest BCUT2D eigenvalue weighted by atomic mass is 10.00. The van der Waals surface area contributed by atoms with Gasteiger partial charge < -0.3 is 18.8 Å². The maximum absolute atomic E-state index is 13.0. The first-order valence-corrected chi connectivity index (χ1v) is 10.9. The summed E-state index contributed by atoms with van der Waals surface area (Å²) in [4.78, 5) is 27.4. The Morgan fingerprint density at radius 2 is 1.73 bits per heavy atom. The molecule has 1 amide bonds. The van der Waals surface area contributed by atoms with Crippen LogP contribution in [0.4, 0.5) is 0 Å². The first-order valence-electron chi connectivity index (χ1n) is 10.9. The van der Waals surface area contributed by atoms with Gasteiger partial charge in [0.15, 0.2) is 6.61 Å². The molecule has 6 nitrogen and oxygen atoms in total. The number of carbonyl (C=O) groups is 1. The second-order valence-corrected chi connectivity index (χ2v) is 8.01. The molecular weight excluding hydrogens is 418 g/mol. The van der Waals surface area contributed by atoms with E-state index >= 15 is 0 Å². The van der Waals surface area contributed by atoms with Crippen LogP contribution in [-0.4, -0.2) is 24.0 Å². The maximum atomic E-state index is 13.0. The number of rotatable bonds is 5. The molecule has 0 aliphatic carbocycles. The smallest absolute Gasteiger partial charge is 0.260 e. The van der Waals surface area contributed by atoms with Crippen LogP contribution in [0.5, 0.6) is 17.2 Å². The van der Waals surface area contributed by atoms with Gasteiger partial charge in [-0.15, -0.1) is 0 Å². The number of fused-ring (bicyclic) bond motifs is 2. The molecule has 3 aromatic carbocycles. The van der Waals surface area contributed by atoms with Gasteiger partial charge in [0, 0.05) is 19.2 Å². The molecule has 6 heteroatoms. The number of hydrogen-bond donors (Lipinski definition) is 0. The van der Waals surface area contributed by atoms with E-state index in [4.69, 9.17) is 13.9 Å². The highest BCUT2D eigenvalue weighted by Gasteiger charge is 2.21. The molecule has 1 aliphatic rings. The summed E-state index contributed by atoms with van der Waals surface area (Å²) in [6.45, 7) is 2.87. The van der Waals surface area contributed by atoms with Crippen LogP contribution in [0.15, 0.2) is 82.0 Å². The van der Waals surface area contributed by atoms with E-state index in [0.29, 0.717) is 41.3 Å². The minimum absolute atomic E-state index is 0.0751. The molecule has 0 radical (unpaired) electrons. The monoisotopic (exact) mass is 441 g/mol. The van der Waals surface area contributed by atoms with Crippen LogP contribution in [0.1, 0.15) is 16.9 Å². The third kappa shape index (κ3) is 4.32. The van der Waals surface area contributed by atoms with Gasteiger partial charge in [-0.05, 0) is 48.7 Å². The van der Waals surface area contributed by atoms with E-state index < -0.39 is 0 Å². The van der Waals surface area contributed by atoms with E-state index in [-0.39, 0.29) is 23.7 Å². The normalized spacial score (nSPS) is 12.9. The molecular formula is C27H23NO5. The van der Waals surface area contributed by atoms with Crippen molar-refractivity contribution in [2.24, 2.45) is 0 Å². The van der Waals surface area contributed by atoms with Crippen molar-refractivity contribution in [1.82, 2.24) is 4.90 Å². The van der Waals surface area contributed by atoms with Gasteiger partial charge in [-0.2, -0.15) is 0 Å². The van der Waals surface area contributed by atoms with Crippen LogP contribution in [0, 0.1) is 6.92 Å². The second-order valence-electron chi connectivity index (χ2n) is 8.01. The Hall–Kier alpha value is -4.06. The van der Waals surface area contributed by atoms with Crippen molar-refractivity contribution >= 4 is 16.9 Å². The molecule has 0 spiro atoms. The van der Waals surface area contributed by atoms with E-state index in [1.54, 1.807) is 42.2 Å². The third-order valence-electron chi connectivity index (χ3n) is 5.80. The summed E-state index contributed by atoms with van der Waals surface area (Å²) in [6, 6.07) is 22.2. The second kappa shape index (κ2) is 8.82. The number of hydrogen-bond acceptors (Lipinski definition) is 5. The number of amides is 1. The van der Waals surface area contributed by atoms with Gasteiger partial charge >= 0.3 is 0 Å².